The predicted octanol–water partition coefficient (Wildman–Crippen LogP) is 4.99. The number of anilines is 2. The van der Waals surface area contributed by atoms with Crippen molar-refractivity contribution in [2.45, 2.75) is 25.7 Å². The minimum absolute atomic E-state index is 0.0153. The SMILES string of the molecule is C=CCN1C(=O)C(C)(C)COc2cc(NC(=O)c3ccccc3SCC)ccc21. The van der Waals surface area contributed by atoms with Crippen molar-refractivity contribution < 1.29 is 14.3 Å². The van der Waals surface area contributed by atoms with Crippen LogP contribution in [0.1, 0.15) is 31.1 Å². The van der Waals surface area contributed by atoms with Gasteiger partial charge in [0.05, 0.1) is 16.7 Å². The van der Waals surface area contributed by atoms with Gasteiger partial charge in [0.15, 0.2) is 0 Å². The van der Waals surface area contributed by atoms with Crippen LogP contribution in [-0.4, -0.2) is 30.7 Å². The Balaban J connectivity index is 1.89. The highest BCUT2D eigenvalue weighted by Crippen LogP contribution is 2.38. The summed E-state index contributed by atoms with van der Waals surface area (Å²) in [7, 11) is 0. The summed E-state index contributed by atoms with van der Waals surface area (Å²) in [5.41, 5.74) is 1.29. The first kappa shape index (κ1) is 21.0. The molecule has 0 aromatic heterocycles. The Kier molecular flexibility index (Phi) is 6.33. The number of benzene rings is 2. The normalized spacial score (nSPS) is 15.1. The monoisotopic (exact) mass is 410 g/mol. The molecular formula is C23H26N2O3S. The van der Waals surface area contributed by atoms with Crippen LogP contribution >= 0.6 is 11.8 Å². The minimum Gasteiger partial charge on any atom is -0.490 e. The molecular weight excluding hydrogens is 384 g/mol. The van der Waals surface area contributed by atoms with E-state index in [-0.39, 0.29) is 18.4 Å². The lowest BCUT2D eigenvalue weighted by Crippen LogP contribution is -2.42. The maximum absolute atomic E-state index is 12.9. The van der Waals surface area contributed by atoms with Crippen LogP contribution in [0.25, 0.3) is 0 Å². The molecule has 1 aliphatic heterocycles. The molecule has 0 bridgehead atoms. The number of hydrogen-bond acceptors (Lipinski definition) is 4. The molecule has 3 rings (SSSR count). The van der Waals surface area contributed by atoms with Crippen molar-refractivity contribution in [2.75, 3.05) is 29.1 Å². The number of rotatable bonds is 6. The molecule has 29 heavy (non-hydrogen) atoms. The quantitative estimate of drug-likeness (QED) is 0.538. The zero-order valence-corrected chi connectivity index (χ0v) is 17.8. The molecule has 0 saturated carbocycles. The Hall–Kier alpha value is -2.73. The van der Waals surface area contributed by atoms with Gasteiger partial charge < -0.3 is 15.0 Å². The summed E-state index contributed by atoms with van der Waals surface area (Å²) in [5, 5.41) is 2.95. The number of nitrogens with one attached hydrogen (secondary N) is 1. The number of amides is 2. The lowest BCUT2D eigenvalue weighted by molar-refractivity contribution is -0.127. The molecule has 1 aliphatic rings. The Morgan fingerprint density at radius 2 is 2.07 bits per heavy atom. The fourth-order valence-corrected chi connectivity index (χ4v) is 3.97. The van der Waals surface area contributed by atoms with E-state index in [1.807, 2.05) is 38.1 Å². The van der Waals surface area contributed by atoms with E-state index >= 15 is 0 Å². The van der Waals surface area contributed by atoms with Gasteiger partial charge in [0.25, 0.3) is 5.91 Å². The second kappa shape index (κ2) is 8.74. The van der Waals surface area contributed by atoms with Crippen LogP contribution in [0.15, 0.2) is 60.0 Å². The average Bonchev–Trinajstić information content (AvgIpc) is 2.79. The maximum Gasteiger partial charge on any atom is 0.256 e. The molecule has 0 unspecified atom stereocenters. The standard InChI is InChI=1S/C23H26N2O3S/c1-5-13-25-18-12-11-16(14-19(18)28-15-23(3,4)22(25)27)24-21(26)17-9-7-8-10-20(17)29-6-2/h5,7-12,14H,1,6,13,15H2,2-4H3,(H,24,26). The minimum atomic E-state index is -0.651. The van der Waals surface area contributed by atoms with Crippen molar-refractivity contribution in [3.63, 3.8) is 0 Å². The number of ether oxygens (including phenoxy) is 1. The van der Waals surface area contributed by atoms with E-state index in [0.717, 1.165) is 10.6 Å². The molecule has 1 N–H and O–H groups in total. The summed E-state index contributed by atoms with van der Waals surface area (Å²) < 4.78 is 5.95. The summed E-state index contributed by atoms with van der Waals surface area (Å²) in [6, 6.07) is 12.9. The molecule has 0 fully saturated rings. The smallest absolute Gasteiger partial charge is 0.256 e. The number of hydrogen-bond donors (Lipinski definition) is 1. The average molecular weight is 411 g/mol. The van der Waals surface area contributed by atoms with Gasteiger partial charge >= 0.3 is 0 Å². The molecule has 2 aromatic carbocycles. The van der Waals surface area contributed by atoms with Gasteiger partial charge in [-0.15, -0.1) is 18.3 Å². The van der Waals surface area contributed by atoms with Crippen LogP contribution in [0.2, 0.25) is 0 Å². The van der Waals surface area contributed by atoms with Gasteiger partial charge in [-0.2, -0.15) is 0 Å². The molecule has 2 amide bonds. The van der Waals surface area contributed by atoms with Crippen LogP contribution in [0.5, 0.6) is 5.75 Å². The van der Waals surface area contributed by atoms with E-state index in [1.165, 1.54) is 0 Å². The van der Waals surface area contributed by atoms with Gasteiger partial charge in [-0.3, -0.25) is 9.59 Å². The maximum atomic E-state index is 12.9. The van der Waals surface area contributed by atoms with Crippen molar-refractivity contribution in [3.05, 3.63) is 60.7 Å². The fourth-order valence-electron chi connectivity index (χ4n) is 3.17. The van der Waals surface area contributed by atoms with Gasteiger partial charge in [-0.25, -0.2) is 0 Å². The molecule has 0 aliphatic carbocycles. The van der Waals surface area contributed by atoms with Crippen LogP contribution < -0.4 is 15.0 Å². The third kappa shape index (κ3) is 4.48. The third-order valence-electron chi connectivity index (χ3n) is 4.66. The number of thioether (sulfide) groups is 1. The summed E-state index contributed by atoms with van der Waals surface area (Å²) in [5.74, 6) is 1.27. The van der Waals surface area contributed by atoms with Crippen LogP contribution in [0.3, 0.4) is 0 Å². The highest BCUT2D eigenvalue weighted by Gasteiger charge is 2.37. The van der Waals surface area contributed by atoms with Gasteiger partial charge in [0.2, 0.25) is 5.91 Å². The molecule has 0 atom stereocenters. The van der Waals surface area contributed by atoms with Crippen molar-refractivity contribution in [1.82, 2.24) is 0 Å². The van der Waals surface area contributed by atoms with E-state index in [9.17, 15) is 9.59 Å². The zero-order chi connectivity index (χ0) is 21.0. The van der Waals surface area contributed by atoms with Crippen molar-refractivity contribution in [2.24, 2.45) is 5.41 Å². The van der Waals surface area contributed by atoms with Gasteiger partial charge in [-0.1, -0.05) is 25.1 Å². The second-order valence-corrected chi connectivity index (χ2v) is 8.75. The molecule has 2 aromatic rings. The number of carbonyl (C=O) groups is 2. The van der Waals surface area contributed by atoms with Crippen LogP contribution in [0, 0.1) is 5.41 Å². The van der Waals surface area contributed by atoms with Crippen molar-refractivity contribution >= 4 is 35.0 Å². The first-order chi connectivity index (χ1) is 13.9. The van der Waals surface area contributed by atoms with E-state index in [0.29, 0.717) is 29.2 Å². The van der Waals surface area contributed by atoms with Gasteiger partial charge in [0.1, 0.15) is 12.4 Å². The van der Waals surface area contributed by atoms with E-state index in [4.69, 9.17) is 4.74 Å². The van der Waals surface area contributed by atoms with Crippen LogP contribution in [0.4, 0.5) is 11.4 Å². The highest BCUT2D eigenvalue weighted by atomic mass is 32.2. The Labute approximate surface area is 176 Å². The van der Waals surface area contributed by atoms with Gasteiger partial charge in [-0.05, 0) is 43.9 Å². The first-order valence-electron chi connectivity index (χ1n) is 9.60. The number of carbonyl (C=O) groups excluding carboxylic acids is 2. The molecule has 0 radical (unpaired) electrons. The molecule has 0 saturated heterocycles. The lowest BCUT2D eigenvalue weighted by atomic mass is 9.93. The summed E-state index contributed by atoms with van der Waals surface area (Å²) >= 11 is 1.63. The molecule has 152 valence electrons. The van der Waals surface area contributed by atoms with Crippen LogP contribution in [-0.2, 0) is 4.79 Å². The number of fused-ring (bicyclic) bond motifs is 1. The van der Waals surface area contributed by atoms with E-state index < -0.39 is 5.41 Å². The topological polar surface area (TPSA) is 58.6 Å². The molecule has 0 spiro atoms. The first-order valence-corrected chi connectivity index (χ1v) is 10.6. The van der Waals surface area contributed by atoms with E-state index in [1.54, 1.807) is 40.9 Å². The van der Waals surface area contributed by atoms with Crippen molar-refractivity contribution in [1.29, 1.82) is 0 Å². The second-order valence-electron chi connectivity index (χ2n) is 7.44. The van der Waals surface area contributed by atoms with Crippen molar-refractivity contribution in [3.8, 4) is 5.75 Å². The zero-order valence-electron chi connectivity index (χ0n) is 17.0. The summed E-state index contributed by atoms with van der Waals surface area (Å²) in [4.78, 5) is 28.3. The summed E-state index contributed by atoms with van der Waals surface area (Å²) in [6.07, 6.45) is 1.70. The Morgan fingerprint density at radius 1 is 1.31 bits per heavy atom. The Bertz CT molecular complexity index is 939. The largest absolute Gasteiger partial charge is 0.490 e. The van der Waals surface area contributed by atoms with Gasteiger partial charge in [0, 0.05) is 23.2 Å². The summed E-state index contributed by atoms with van der Waals surface area (Å²) in [6.45, 7) is 10.2. The predicted molar refractivity (Wildman–Crippen MR) is 119 cm³/mol. The lowest BCUT2D eigenvalue weighted by Gasteiger charge is -2.27. The third-order valence-corrected chi connectivity index (χ3v) is 5.62. The van der Waals surface area contributed by atoms with E-state index in [2.05, 4.69) is 18.8 Å². The molecule has 5 nitrogen and oxygen atoms in total. The molecule has 6 heteroatoms. The Morgan fingerprint density at radius 3 is 2.79 bits per heavy atom. The molecule has 1 heterocycles. The highest BCUT2D eigenvalue weighted by molar-refractivity contribution is 7.99. The fraction of sp³-hybridized carbons (Fsp3) is 0.304. The number of nitrogens with zero attached hydrogens (tertiary/aromatic N) is 1.